The first-order chi connectivity index (χ1) is 15.3. The van der Waals surface area contributed by atoms with Gasteiger partial charge in [-0.2, -0.15) is 0 Å². The van der Waals surface area contributed by atoms with E-state index in [2.05, 4.69) is 5.32 Å². The fraction of sp³-hybridized carbons (Fsp3) is 0.0833. The molecule has 162 valence electrons. The summed E-state index contributed by atoms with van der Waals surface area (Å²) in [4.78, 5) is 24.1. The lowest BCUT2D eigenvalue weighted by Gasteiger charge is -2.08. The first kappa shape index (κ1) is 21.9. The molecule has 3 N–H and O–H groups in total. The molecule has 4 aromatic rings. The van der Waals surface area contributed by atoms with Crippen molar-refractivity contribution in [2.45, 2.75) is 6.42 Å². The highest BCUT2D eigenvalue weighted by atomic mass is 35.5. The van der Waals surface area contributed by atoms with Crippen molar-refractivity contribution in [1.29, 1.82) is 0 Å². The van der Waals surface area contributed by atoms with Crippen LogP contribution in [-0.2, 0) is 11.2 Å². The third-order valence-corrected chi connectivity index (χ3v) is 6.23. The Morgan fingerprint density at radius 2 is 1.84 bits per heavy atom. The van der Waals surface area contributed by atoms with E-state index in [-0.39, 0.29) is 12.4 Å². The van der Waals surface area contributed by atoms with Gasteiger partial charge in [-0.25, -0.2) is 8.78 Å². The third kappa shape index (κ3) is 4.79. The Morgan fingerprint density at radius 1 is 1.03 bits per heavy atom. The van der Waals surface area contributed by atoms with Crippen LogP contribution in [0.15, 0.2) is 60.7 Å². The minimum atomic E-state index is -0.638. The smallest absolute Gasteiger partial charge is 0.251 e. The Bertz CT molecular complexity index is 1330. The molecule has 2 amide bonds. The molecule has 0 aliphatic rings. The lowest BCUT2D eigenvalue weighted by atomic mass is 10.0. The average Bonchev–Trinajstić information content (AvgIpc) is 3.16. The van der Waals surface area contributed by atoms with Crippen LogP contribution in [0.2, 0.25) is 5.02 Å². The molecule has 0 saturated carbocycles. The molecule has 1 heterocycles. The minimum Gasteiger partial charge on any atom is -0.368 e. The van der Waals surface area contributed by atoms with Crippen molar-refractivity contribution in [2.75, 3.05) is 6.54 Å². The molecule has 8 heteroatoms. The van der Waals surface area contributed by atoms with Crippen molar-refractivity contribution in [3.05, 3.63) is 93.3 Å². The van der Waals surface area contributed by atoms with Crippen molar-refractivity contribution in [1.82, 2.24) is 5.32 Å². The Morgan fingerprint density at radius 3 is 2.59 bits per heavy atom. The van der Waals surface area contributed by atoms with Crippen molar-refractivity contribution in [2.24, 2.45) is 5.73 Å². The predicted octanol–water partition coefficient (Wildman–Crippen LogP) is 5.31. The zero-order valence-corrected chi connectivity index (χ0v) is 18.2. The number of halogens is 3. The normalized spacial score (nSPS) is 11.0. The summed E-state index contributed by atoms with van der Waals surface area (Å²) in [6.07, 6.45) is 0.408. The number of fused-ring (bicyclic) bond motifs is 1. The van der Waals surface area contributed by atoms with E-state index in [4.69, 9.17) is 17.3 Å². The van der Waals surface area contributed by atoms with Gasteiger partial charge in [-0.15, -0.1) is 11.3 Å². The van der Waals surface area contributed by atoms with Crippen LogP contribution in [0.4, 0.5) is 8.78 Å². The average molecular weight is 471 g/mol. The van der Waals surface area contributed by atoms with Crippen LogP contribution >= 0.6 is 22.9 Å². The lowest BCUT2D eigenvalue weighted by molar-refractivity contribution is -0.117. The Hall–Kier alpha value is -3.29. The maximum atomic E-state index is 14.6. The molecule has 0 fully saturated rings. The van der Waals surface area contributed by atoms with Gasteiger partial charge in [-0.1, -0.05) is 29.8 Å². The van der Waals surface area contributed by atoms with E-state index in [1.165, 1.54) is 29.5 Å². The van der Waals surface area contributed by atoms with Gasteiger partial charge in [0.2, 0.25) is 5.91 Å². The number of hydrogen-bond donors (Lipinski definition) is 2. The summed E-state index contributed by atoms with van der Waals surface area (Å²) in [6, 6.07) is 16.0. The molecule has 0 radical (unpaired) electrons. The second kappa shape index (κ2) is 9.06. The van der Waals surface area contributed by atoms with Gasteiger partial charge in [0.25, 0.3) is 5.91 Å². The van der Waals surface area contributed by atoms with E-state index in [0.717, 1.165) is 20.7 Å². The van der Waals surface area contributed by atoms with E-state index in [0.29, 0.717) is 28.0 Å². The van der Waals surface area contributed by atoms with Crippen LogP contribution in [0.5, 0.6) is 0 Å². The summed E-state index contributed by atoms with van der Waals surface area (Å²) in [5.41, 5.74) is 7.61. The third-order valence-electron chi connectivity index (χ3n) is 4.84. The summed E-state index contributed by atoms with van der Waals surface area (Å²) in [7, 11) is 0. The molecule has 0 aliphatic heterocycles. The zero-order chi connectivity index (χ0) is 22.8. The number of nitrogens with one attached hydrogen (secondary N) is 1. The first-order valence-corrected chi connectivity index (χ1v) is 10.8. The molecule has 4 rings (SSSR count). The fourth-order valence-electron chi connectivity index (χ4n) is 3.47. The van der Waals surface area contributed by atoms with E-state index >= 15 is 0 Å². The van der Waals surface area contributed by atoms with Gasteiger partial charge in [0.15, 0.2) is 0 Å². The van der Waals surface area contributed by atoms with Gasteiger partial charge in [-0.05, 0) is 59.2 Å². The lowest BCUT2D eigenvalue weighted by Crippen LogP contribution is -2.33. The molecule has 4 nitrogen and oxygen atoms in total. The van der Waals surface area contributed by atoms with Crippen LogP contribution in [0.25, 0.3) is 21.2 Å². The predicted molar refractivity (Wildman–Crippen MR) is 123 cm³/mol. The summed E-state index contributed by atoms with van der Waals surface area (Å²) in [5.74, 6) is -1.86. The molecule has 32 heavy (non-hydrogen) atoms. The van der Waals surface area contributed by atoms with Gasteiger partial charge in [0, 0.05) is 32.0 Å². The fourth-order valence-corrected chi connectivity index (χ4v) is 4.95. The summed E-state index contributed by atoms with van der Waals surface area (Å²) in [6.45, 7) is -0.262. The van der Waals surface area contributed by atoms with Crippen LogP contribution in [0, 0.1) is 11.6 Å². The van der Waals surface area contributed by atoms with Crippen molar-refractivity contribution in [3.8, 4) is 11.1 Å². The van der Waals surface area contributed by atoms with Gasteiger partial charge in [0.1, 0.15) is 11.6 Å². The van der Waals surface area contributed by atoms with Gasteiger partial charge < -0.3 is 11.1 Å². The second-order valence-corrected chi connectivity index (χ2v) is 8.81. The molecule has 0 atom stereocenters. The number of thiophene rings is 1. The van der Waals surface area contributed by atoms with E-state index in [1.54, 1.807) is 36.4 Å². The number of amides is 2. The van der Waals surface area contributed by atoms with Gasteiger partial charge >= 0.3 is 0 Å². The molecular weight excluding hydrogens is 454 g/mol. The molecule has 0 aliphatic carbocycles. The minimum absolute atomic E-state index is 0.262. The molecule has 3 aromatic carbocycles. The number of carbonyl (C=O) groups excluding carboxylic acids is 2. The number of carbonyl (C=O) groups is 2. The molecule has 1 aromatic heterocycles. The number of benzene rings is 3. The second-order valence-electron chi connectivity index (χ2n) is 7.23. The Kier molecular flexibility index (Phi) is 6.21. The molecule has 0 bridgehead atoms. The van der Waals surface area contributed by atoms with Crippen molar-refractivity contribution < 1.29 is 18.4 Å². The summed E-state index contributed by atoms with van der Waals surface area (Å²) < 4.78 is 29.0. The Labute approximate surface area is 191 Å². The van der Waals surface area contributed by atoms with Gasteiger partial charge in [0.05, 0.1) is 6.54 Å². The number of hydrogen-bond acceptors (Lipinski definition) is 3. The topological polar surface area (TPSA) is 72.2 Å². The highest BCUT2D eigenvalue weighted by Crippen LogP contribution is 2.37. The number of primary amides is 1. The maximum Gasteiger partial charge on any atom is 0.251 e. The van der Waals surface area contributed by atoms with Crippen molar-refractivity contribution in [3.63, 3.8) is 0 Å². The van der Waals surface area contributed by atoms with E-state index in [1.807, 2.05) is 6.07 Å². The standard InChI is InChI=1S/C24H17ClF2N2O2S/c25-16-6-13(7-17(26)10-16)8-18-11-20-21(27)5-4-19(23(20)32-18)14-2-1-3-15(9-14)24(31)29-12-22(28)30/h1-7,9-11H,8,12H2,(H2,28,30)(H,29,31). The number of nitrogens with two attached hydrogens (primary N) is 1. The van der Waals surface area contributed by atoms with E-state index in [9.17, 15) is 18.4 Å². The summed E-state index contributed by atoms with van der Waals surface area (Å²) in [5, 5.41) is 3.21. The van der Waals surface area contributed by atoms with Crippen LogP contribution in [0.3, 0.4) is 0 Å². The van der Waals surface area contributed by atoms with Crippen LogP contribution < -0.4 is 11.1 Å². The van der Waals surface area contributed by atoms with E-state index < -0.39 is 17.6 Å². The maximum absolute atomic E-state index is 14.6. The zero-order valence-electron chi connectivity index (χ0n) is 16.6. The highest BCUT2D eigenvalue weighted by molar-refractivity contribution is 7.19. The van der Waals surface area contributed by atoms with Gasteiger partial charge in [-0.3, -0.25) is 9.59 Å². The first-order valence-electron chi connectivity index (χ1n) is 9.63. The van der Waals surface area contributed by atoms with Crippen molar-refractivity contribution >= 4 is 44.8 Å². The molecule has 0 unspecified atom stereocenters. The molecular formula is C24H17ClF2N2O2S. The number of rotatable bonds is 6. The highest BCUT2D eigenvalue weighted by Gasteiger charge is 2.15. The van der Waals surface area contributed by atoms with Crippen LogP contribution in [-0.4, -0.2) is 18.4 Å². The molecule has 0 spiro atoms. The van der Waals surface area contributed by atoms with Crippen LogP contribution in [0.1, 0.15) is 20.8 Å². The SMILES string of the molecule is NC(=O)CNC(=O)c1cccc(-c2ccc(F)c3cc(Cc4cc(F)cc(Cl)c4)sc23)c1. The Balaban J connectivity index is 1.71. The largest absolute Gasteiger partial charge is 0.368 e. The summed E-state index contributed by atoms with van der Waals surface area (Å²) >= 11 is 7.35. The molecule has 0 saturated heterocycles. The monoisotopic (exact) mass is 470 g/mol. The quantitative estimate of drug-likeness (QED) is 0.401.